The number of hydrogen-bond acceptors (Lipinski definition) is 2. The first-order valence-corrected chi connectivity index (χ1v) is 5.96. The van der Waals surface area contributed by atoms with Crippen LogP contribution in [0.25, 0.3) is 0 Å². The highest BCUT2D eigenvalue weighted by molar-refractivity contribution is 5.93. The predicted molar refractivity (Wildman–Crippen MR) is 63.6 cm³/mol. The van der Waals surface area contributed by atoms with E-state index in [1.807, 2.05) is 0 Å². The minimum absolute atomic E-state index is 0.141. The van der Waals surface area contributed by atoms with Gasteiger partial charge < -0.3 is 10.6 Å². The van der Waals surface area contributed by atoms with Crippen molar-refractivity contribution in [3.8, 4) is 0 Å². The molecule has 3 rings (SSSR count). The first-order chi connectivity index (χ1) is 7.83. The second-order valence-electron chi connectivity index (χ2n) is 4.65. The normalized spacial score (nSPS) is 24.0. The number of hydrogen-bond donors (Lipinski definition) is 2. The van der Waals surface area contributed by atoms with Crippen molar-refractivity contribution in [2.24, 2.45) is 0 Å². The van der Waals surface area contributed by atoms with Crippen LogP contribution in [0, 0.1) is 0 Å². The Balaban J connectivity index is 1.89. The number of anilines is 1. The molecular weight excluding hydrogens is 200 g/mol. The molecule has 0 bridgehead atoms. The van der Waals surface area contributed by atoms with Gasteiger partial charge in [-0.2, -0.15) is 0 Å². The van der Waals surface area contributed by atoms with Crippen LogP contribution in [0.15, 0.2) is 18.2 Å². The molecule has 0 spiro atoms. The summed E-state index contributed by atoms with van der Waals surface area (Å²) >= 11 is 0. The van der Waals surface area contributed by atoms with Gasteiger partial charge in [-0.05, 0) is 42.5 Å². The van der Waals surface area contributed by atoms with Gasteiger partial charge in [-0.25, -0.2) is 0 Å². The molecule has 1 aromatic rings. The van der Waals surface area contributed by atoms with E-state index < -0.39 is 0 Å². The van der Waals surface area contributed by atoms with Crippen LogP contribution in [-0.4, -0.2) is 19.0 Å². The fourth-order valence-electron chi connectivity index (χ4n) is 2.60. The van der Waals surface area contributed by atoms with Crippen molar-refractivity contribution in [2.45, 2.75) is 25.2 Å². The molecule has 3 nitrogen and oxygen atoms in total. The topological polar surface area (TPSA) is 41.1 Å². The number of benzene rings is 1. The molecule has 2 heterocycles. The summed E-state index contributed by atoms with van der Waals surface area (Å²) in [5.74, 6) is 0.797. The second kappa shape index (κ2) is 3.91. The Morgan fingerprint density at radius 2 is 2.19 bits per heavy atom. The van der Waals surface area contributed by atoms with Crippen LogP contribution >= 0.6 is 0 Å². The van der Waals surface area contributed by atoms with Gasteiger partial charge in [-0.1, -0.05) is 12.1 Å². The smallest absolute Gasteiger partial charge is 0.224 e. The summed E-state index contributed by atoms with van der Waals surface area (Å²) in [4.78, 5) is 11.2. The number of rotatable bonds is 1. The Bertz CT molecular complexity index is 422. The first kappa shape index (κ1) is 9.85. The zero-order valence-corrected chi connectivity index (χ0v) is 9.25. The summed E-state index contributed by atoms with van der Waals surface area (Å²) in [6.07, 6.45) is 2.74. The Kier molecular flexibility index (Phi) is 2.40. The van der Waals surface area contributed by atoms with E-state index in [-0.39, 0.29) is 5.91 Å². The molecule has 2 aliphatic rings. The average Bonchev–Trinajstić information content (AvgIpc) is 2.82. The van der Waals surface area contributed by atoms with Crippen molar-refractivity contribution in [2.75, 3.05) is 18.4 Å². The Labute approximate surface area is 95.2 Å². The molecule has 1 aromatic carbocycles. The van der Waals surface area contributed by atoms with Gasteiger partial charge in [0.1, 0.15) is 0 Å². The fourth-order valence-corrected chi connectivity index (χ4v) is 2.60. The molecule has 1 fully saturated rings. The van der Waals surface area contributed by atoms with Crippen LogP contribution in [0.2, 0.25) is 0 Å². The Hall–Kier alpha value is -1.35. The van der Waals surface area contributed by atoms with Gasteiger partial charge in [-0.3, -0.25) is 4.79 Å². The highest BCUT2D eigenvalue weighted by Gasteiger charge is 2.20. The maximum atomic E-state index is 11.2. The van der Waals surface area contributed by atoms with Gasteiger partial charge in [0.25, 0.3) is 0 Å². The minimum Gasteiger partial charge on any atom is -0.326 e. The van der Waals surface area contributed by atoms with Crippen molar-refractivity contribution in [1.82, 2.24) is 5.32 Å². The number of carbonyl (C=O) groups excluding carboxylic acids is 1. The summed E-state index contributed by atoms with van der Waals surface area (Å²) in [6, 6.07) is 6.48. The van der Waals surface area contributed by atoms with Crippen molar-refractivity contribution in [3.63, 3.8) is 0 Å². The lowest BCUT2D eigenvalue weighted by Crippen LogP contribution is -2.19. The zero-order chi connectivity index (χ0) is 11.0. The first-order valence-electron chi connectivity index (χ1n) is 5.96. The molecule has 0 aliphatic carbocycles. The fraction of sp³-hybridized carbons (Fsp3) is 0.462. The summed E-state index contributed by atoms with van der Waals surface area (Å²) in [7, 11) is 0. The van der Waals surface area contributed by atoms with Crippen LogP contribution in [-0.2, 0) is 11.2 Å². The summed E-state index contributed by atoms with van der Waals surface area (Å²) in [5, 5.41) is 6.31. The molecule has 0 aromatic heterocycles. The zero-order valence-electron chi connectivity index (χ0n) is 9.25. The van der Waals surface area contributed by atoms with Crippen molar-refractivity contribution < 1.29 is 4.79 Å². The van der Waals surface area contributed by atoms with E-state index in [1.54, 1.807) is 0 Å². The maximum absolute atomic E-state index is 11.2. The lowest BCUT2D eigenvalue weighted by molar-refractivity contribution is -0.116. The number of nitrogens with one attached hydrogen (secondary N) is 2. The third-order valence-corrected chi connectivity index (χ3v) is 3.56. The maximum Gasteiger partial charge on any atom is 0.224 e. The van der Waals surface area contributed by atoms with Crippen LogP contribution in [0.1, 0.15) is 29.9 Å². The van der Waals surface area contributed by atoms with E-state index in [4.69, 9.17) is 0 Å². The molecule has 2 N–H and O–H groups in total. The average molecular weight is 216 g/mol. The molecule has 1 saturated heterocycles. The van der Waals surface area contributed by atoms with E-state index in [2.05, 4.69) is 28.8 Å². The Morgan fingerprint density at radius 1 is 1.25 bits per heavy atom. The Morgan fingerprint density at radius 3 is 3.00 bits per heavy atom. The SMILES string of the molecule is O=C1CCc2cc(C3CCNC3)ccc2N1. The van der Waals surface area contributed by atoms with Gasteiger partial charge in [0, 0.05) is 18.7 Å². The van der Waals surface area contributed by atoms with Gasteiger partial charge in [0.2, 0.25) is 5.91 Å². The van der Waals surface area contributed by atoms with Crippen molar-refractivity contribution >= 4 is 11.6 Å². The number of carbonyl (C=O) groups is 1. The molecule has 1 amide bonds. The summed E-state index contributed by atoms with van der Waals surface area (Å²) in [6.45, 7) is 2.21. The van der Waals surface area contributed by atoms with Crippen LogP contribution in [0.3, 0.4) is 0 Å². The van der Waals surface area contributed by atoms with Crippen molar-refractivity contribution in [1.29, 1.82) is 0 Å². The minimum atomic E-state index is 0.141. The van der Waals surface area contributed by atoms with Crippen LogP contribution < -0.4 is 10.6 Å². The summed E-state index contributed by atoms with van der Waals surface area (Å²) in [5.41, 5.74) is 3.72. The van der Waals surface area contributed by atoms with E-state index in [9.17, 15) is 4.79 Å². The molecule has 3 heteroatoms. The number of fused-ring (bicyclic) bond motifs is 1. The van der Waals surface area contributed by atoms with E-state index in [1.165, 1.54) is 17.5 Å². The standard InChI is InChI=1S/C13H16N2O/c16-13-4-2-10-7-9(1-3-12(10)15-13)11-5-6-14-8-11/h1,3,7,11,14H,2,4-6,8H2,(H,15,16). The van der Waals surface area contributed by atoms with Crippen LogP contribution in [0.4, 0.5) is 5.69 Å². The second-order valence-corrected chi connectivity index (χ2v) is 4.65. The molecule has 1 unspecified atom stereocenters. The largest absolute Gasteiger partial charge is 0.326 e. The lowest BCUT2D eigenvalue weighted by Gasteiger charge is -2.19. The molecule has 2 aliphatic heterocycles. The third kappa shape index (κ3) is 1.71. The molecule has 0 saturated carbocycles. The van der Waals surface area contributed by atoms with Gasteiger partial charge in [0.15, 0.2) is 0 Å². The number of aryl methyl sites for hydroxylation is 1. The predicted octanol–water partition coefficient (Wildman–Crippen LogP) is 1.65. The molecular formula is C13H16N2O. The molecule has 16 heavy (non-hydrogen) atoms. The molecule has 84 valence electrons. The lowest BCUT2D eigenvalue weighted by atomic mass is 9.93. The van der Waals surface area contributed by atoms with Crippen LogP contribution in [0.5, 0.6) is 0 Å². The quantitative estimate of drug-likeness (QED) is 0.749. The van der Waals surface area contributed by atoms with E-state index in [0.29, 0.717) is 12.3 Å². The van der Waals surface area contributed by atoms with Gasteiger partial charge in [0.05, 0.1) is 0 Å². The highest BCUT2D eigenvalue weighted by atomic mass is 16.1. The molecule has 1 atom stereocenters. The summed E-state index contributed by atoms with van der Waals surface area (Å²) < 4.78 is 0. The molecule has 0 radical (unpaired) electrons. The highest BCUT2D eigenvalue weighted by Crippen LogP contribution is 2.29. The third-order valence-electron chi connectivity index (χ3n) is 3.56. The monoisotopic (exact) mass is 216 g/mol. The van der Waals surface area contributed by atoms with E-state index >= 15 is 0 Å². The number of amides is 1. The van der Waals surface area contributed by atoms with E-state index in [0.717, 1.165) is 25.2 Å². The van der Waals surface area contributed by atoms with Gasteiger partial charge in [-0.15, -0.1) is 0 Å². The van der Waals surface area contributed by atoms with Gasteiger partial charge >= 0.3 is 0 Å². The van der Waals surface area contributed by atoms with Crippen molar-refractivity contribution in [3.05, 3.63) is 29.3 Å².